The molecule has 450 valence electrons. The Kier molecular flexibility index (Phi) is 21.6. The molecule has 14 nitrogen and oxygen atoms in total. The molecule has 0 fully saturated rings. The molecule has 0 spiro atoms. The van der Waals surface area contributed by atoms with Gasteiger partial charge in [0.25, 0.3) is 5.91 Å². The first-order valence-corrected chi connectivity index (χ1v) is 32.4. The van der Waals surface area contributed by atoms with Crippen molar-refractivity contribution in [3.63, 3.8) is 0 Å². The van der Waals surface area contributed by atoms with Crippen molar-refractivity contribution < 1.29 is 50.9 Å². The Morgan fingerprint density at radius 3 is 1.29 bits per heavy atom. The molecule has 0 radical (unpaired) electrons. The van der Waals surface area contributed by atoms with Crippen LogP contribution in [0.25, 0.3) is 0 Å². The first-order valence-electron chi connectivity index (χ1n) is 27.7. The minimum absolute atomic E-state index is 0.00511. The van der Waals surface area contributed by atoms with Crippen molar-refractivity contribution in [2.75, 3.05) is 7.11 Å². The fraction of sp³-hybridized carbons (Fsp3) is 0.468. The Bertz CT molecular complexity index is 3570. The van der Waals surface area contributed by atoms with E-state index in [4.69, 9.17) is 4.74 Å². The second kappa shape index (κ2) is 27.0. The van der Waals surface area contributed by atoms with E-state index in [-0.39, 0.29) is 51.7 Å². The second-order valence-corrected chi connectivity index (χ2v) is 29.8. The third kappa shape index (κ3) is 16.7. The number of hydrogen-bond acceptors (Lipinski definition) is 13. The lowest BCUT2D eigenvalue weighted by molar-refractivity contribution is -0.119. The number of benzene rings is 4. The van der Waals surface area contributed by atoms with Crippen LogP contribution in [0.1, 0.15) is 211 Å². The van der Waals surface area contributed by atoms with Gasteiger partial charge < -0.3 is 14.9 Å². The Morgan fingerprint density at radius 1 is 0.578 bits per heavy atom. The number of aliphatic hydroxyl groups is 2. The molecular weight excluding hydrogens is 1140 g/mol. The molecule has 4 N–H and O–H groups in total. The molecule has 4 aromatic carbocycles. The maximum atomic E-state index is 15.8. The van der Waals surface area contributed by atoms with E-state index in [9.17, 15) is 33.2 Å². The van der Waals surface area contributed by atoms with Crippen LogP contribution >= 0.6 is 22.7 Å². The monoisotopic (exact) mass is 1220 g/mol. The summed E-state index contributed by atoms with van der Waals surface area (Å²) in [6, 6.07) is 15.3. The average molecular weight is 1220 g/mol. The van der Waals surface area contributed by atoms with E-state index in [1.807, 2.05) is 69.2 Å². The number of halogens is 3. The smallest absolute Gasteiger partial charge is 0.259 e. The minimum Gasteiger partial charge on any atom is -0.497 e. The van der Waals surface area contributed by atoms with Crippen molar-refractivity contribution in [2.45, 2.75) is 191 Å². The summed E-state index contributed by atoms with van der Waals surface area (Å²) >= 11 is 1.79. The minimum atomic E-state index is -4.19. The van der Waals surface area contributed by atoms with E-state index < -0.39 is 84.5 Å². The predicted molar refractivity (Wildman–Crippen MR) is 323 cm³/mol. The standard InChI is InChI=1S/C62H79F3N6O8S4/c1-34(2)45-22-41(63)23-46(35(3)4)51(45)28-57(73)70-83(78,60-67-33-55(81-60)62(13,14)76)71-58(74)30-53-48(37(7)8)25-43(65)27-50(53)39(10)17-16-38(9)49-26-42(64)24-47(36(5)6)52(49)29-56(72)69-82(77,59-66-32-54(80-59)61(11,12)75)68-31-40-18-20-44(79-15)21-19-40/h18-27,32-39,75-76H,16-17,28-31H2,1-15H3,(H,68,69,72,77)(H,70,71,73,74,78). The summed E-state index contributed by atoms with van der Waals surface area (Å²) in [5, 5.41) is 21.6. The maximum Gasteiger partial charge on any atom is 0.259 e. The van der Waals surface area contributed by atoms with Gasteiger partial charge in [0.05, 0.1) is 53.9 Å². The molecule has 0 saturated heterocycles. The molecule has 3 amide bonds. The van der Waals surface area contributed by atoms with Gasteiger partial charge >= 0.3 is 0 Å². The van der Waals surface area contributed by atoms with Crippen LogP contribution in [-0.4, -0.2) is 53.4 Å². The van der Waals surface area contributed by atoms with Crippen LogP contribution in [0.4, 0.5) is 13.2 Å². The van der Waals surface area contributed by atoms with Crippen molar-refractivity contribution in [1.82, 2.24) is 19.4 Å². The lowest BCUT2D eigenvalue weighted by Crippen LogP contribution is -2.33. The summed E-state index contributed by atoms with van der Waals surface area (Å²) in [5.41, 5.74) is 2.82. The van der Waals surface area contributed by atoms with Crippen LogP contribution in [0.15, 0.2) is 90.5 Å². The highest BCUT2D eigenvalue weighted by molar-refractivity contribution is 7.94. The maximum absolute atomic E-state index is 15.8. The van der Waals surface area contributed by atoms with E-state index >= 15 is 13.0 Å². The number of rotatable bonds is 24. The van der Waals surface area contributed by atoms with E-state index in [0.29, 0.717) is 84.0 Å². The van der Waals surface area contributed by atoms with Gasteiger partial charge in [-0.05, 0) is 180 Å². The number of carbonyl (C=O) groups excluding carboxylic acids is 3. The molecule has 2 heterocycles. The summed E-state index contributed by atoms with van der Waals surface area (Å²) in [6.07, 6.45) is 2.44. The summed E-state index contributed by atoms with van der Waals surface area (Å²) < 4.78 is 95.6. The van der Waals surface area contributed by atoms with Crippen LogP contribution in [0.2, 0.25) is 0 Å². The zero-order valence-electron chi connectivity index (χ0n) is 50.0. The zero-order chi connectivity index (χ0) is 61.7. The highest BCUT2D eigenvalue weighted by Crippen LogP contribution is 2.38. The van der Waals surface area contributed by atoms with Crippen molar-refractivity contribution in [3.8, 4) is 5.75 Å². The predicted octanol–water partition coefficient (Wildman–Crippen LogP) is 13.8. The van der Waals surface area contributed by atoms with Crippen molar-refractivity contribution in [2.24, 2.45) is 8.73 Å². The first-order chi connectivity index (χ1) is 38.6. The number of hydrogen-bond donors (Lipinski definition) is 4. The molecule has 4 unspecified atom stereocenters. The number of nitrogens with one attached hydrogen (secondary N) is 2. The van der Waals surface area contributed by atoms with Gasteiger partial charge in [0.1, 0.15) is 23.2 Å². The van der Waals surface area contributed by atoms with Crippen LogP contribution in [-0.2, 0) is 71.2 Å². The topological polar surface area (TPSA) is 210 Å². The summed E-state index contributed by atoms with van der Waals surface area (Å²) in [6.45, 7) is 24.9. The van der Waals surface area contributed by atoms with Gasteiger partial charge in [-0.15, -0.1) is 27.0 Å². The second-order valence-electron chi connectivity index (χ2n) is 23.5. The SMILES string of the molecule is COc1ccc(CN=S(=O)(NC(=O)Cc2c(C(C)C)cc(F)cc2C(C)CCC(C)c2cc(F)cc(C(C)C)c2CC(=O)N=S(=O)(NC(=O)Cc2c(C(C)C)cc(F)cc2C(C)C)c2ncc(C(C)(C)O)s2)c2ncc(C(C)(C)O)s2)cc1. The van der Waals surface area contributed by atoms with Crippen LogP contribution in [0, 0.1) is 17.5 Å². The molecule has 6 aromatic rings. The Morgan fingerprint density at radius 2 is 0.928 bits per heavy atom. The van der Waals surface area contributed by atoms with E-state index in [0.717, 1.165) is 22.7 Å². The summed E-state index contributed by atoms with van der Waals surface area (Å²) in [7, 11) is -6.40. The van der Waals surface area contributed by atoms with Crippen LogP contribution < -0.4 is 14.2 Å². The van der Waals surface area contributed by atoms with Gasteiger partial charge in [-0.1, -0.05) is 81.4 Å². The van der Waals surface area contributed by atoms with Gasteiger partial charge in [0.2, 0.25) is 20.5 Å². The molecule has 0 aliphatic heterocycles. The Balaban J connectivity index is 1.32. The number of carbonyl (C=O) groups is 3. The number of nitrogens with zero attached hydrogens (tertiary/aromatic N) is 4. The van der Waals surface area contributed by atoms with Crippen molar-refractivity contribution in [3.05, 3.63) is 156 Å². The molecule has 21 heteroatoms. The lowest BCUT2D eigenvalue weighted by atomic mass is 9.81. The molecule has 6 rings (SSSR count). The summed E-state index contributed by atoms with van der Waals surface area (Å²) in [5.74, 6) is -4.91. The van der Waals surface area contributed by atoms with Crippen molar-refractivity contribution >= 4 is 60.2 Å². The third-order valence-corrected chi connectivity index (χ3v) is 21.6. The van der Waals surface area contributed by atoms with Gasteiger partial charge in [-0.2, -0.15) is 0 Å². The Hall–Kier alpha value is -5.84. The molecule has 0 aliphatic carbocycles. The third-order valence-electron chi connectivity index (χ3n) is 14.4. The van der Waals surface area contributed by atoms with Crippen LogP contribution in [0.5, 0.6) is 5.75 Å². The fourth-order valence-corrected chi connectivity index (χ4v) is 15.5. The molecule has 4 atom stereocenters. The summed E-state index contributed by atoms with van der Waals surface area (Å²) in [4.78, 5) is 52.4. The molecule has 0 bridgehead atoms. The highest BCUT2D eigenvalue weighted by atomic mass is 32.2. The number of thiazole rings is 2. The molecule has 2 aromatic heterocycles. The zero-order valence-corrected chi connectivity index (χ0v) is 53.3. The lowest BCUT2D eigenvalue weighted by Gasteiger charge is -2.25. The van der Waals surface area contributed by atoms with E-state index in [2.05, 4.69) is 28.1 Å². The highest BCUT2D eigenvalue weighted by Gasteiger charge is 2.31. The normalized spacial score (nSPS) is 14.4. The Labute approximate surface area is 496 Å². The quantitative estimate of drug-likeness (QED) is 0.0450. The van der Waals surface area contributed by atoms with Gasteiger partial charge in [-0.25, -0.2) is 35.9 Å². The van der Waals surface area contributed by atoms with E-state index in [1.165, 1.54) is 69.7 Å². The molecule has 83 heavy (non-hydrogen) atoms. The van der Waals surface area contributed by atoms with Gasteiger partial charge in [-0.3, -0.25) is 23.8 Å². The fourth-order valence-electron chi connectivity index (χ4n) is 9.90. The number of methoxy groups -OCH3 is 1. The number of ether oxygens (including phenoxy) is 1. The van der Waals surface area contributed by atoms with Crippen molar-refractivity contribution in [1.29, 1.82) is 0 Å². The van der Waals surface area contributed by atoms with Crippen LogP contribution in [0.3, 0.4) is 0 Å². The van der Waals surface area contributed by atoms with Gasteiger partial charge in [0.15, 0.2) is 19.8 Å². The average Bonchev–Trinajstić information content (AvgIpc) is 3.56. The number of amides is 3. The largest absolute Gasteiger partial charge is 0.497 e. The molecule has 0 saturated carbocycles. The molecular formula is C62H79F3N6O8S4. The first kappa shape index (κ1) is 66.3. The van der Waals surface area contributed by atoms with E-state index in [1.54, 1.807) is 38.1 Å². The number of aromatic nitrogens is 2. The molecule has 0 aliphatic rings. The van der Waals surface area contributed by atoms with Gasteiger partial charge in [0, 0.05) is 12.4 Å².